The Morgan fingerprint density at radius 2 is 1.91 bits per heavy atom. The Kier molecular flexibility index (Phi) is 6.36. The predicted molar refractivity (Wildman–Crippen MR) is 86.9 cm³/mol. The maximum atomic E-state index is 11.9. The normalized spacial score (nSPS) is 10.6. The third-order valence-electron chi connectivity index (χ3n) is 3.44. The maximum Gasteiger partial charge on any atom is 0.243 e. The van der Waals surface area contributed by atoms with Gasteiger partial charge in [0.1, 0.15) is 0 Å². The molecule has 0 aliphatic carbocycles. The molecule has 1 aromatic heterocycles. The zero-order valence-corrected chi connectivity index (χ0v) is 13.1. The summed E-state index contributed by atoms with van der Waals surface area (Å²) in [4.78, 5) is 23.8. The van der Waals surface area contributed by atoms with Gasteiger partial charge in [-0.25, -0.2) is 5.48 Å². The largest absolute Gasteiger partial charge is 0.356 e. The van der Waals surface area contributed by atoms with Gasteiger partial charge in [0.15, 0.2) is 0 Å². The van der Waals surface area contributed by atoms with Gasteiger partial charge in [0, 0.05) is 17.8 Å². The van der Waals surface area contributed by atoms with Gasteiger partial charge in [-0.2, -0.15) is 0 Å². The van der Waals surface area contributed by atoms with E-state index in [4.69, 9.17) is 5.21 Å². The summed E-state index contributed by atoms with van der Waals surface area (Å²) < 4.78 is 0. The highest BCUT2D eigenvalue weighted by atomic mass is 32.1. The molecule has 0 radical (unpaired) electrons. The molecule has 22 heavy (non-hydrogen) atoms. The lowest BCUT2D eigenvalue weighted by atomic mass is 10.1. The molecular weight excluding hydrogens is 300 g/mol. The Hall–Kier alpha value is -1.92. The molecule has 0 fully saturated rings. The average molecular weight is 320 g/mol. The van der Waals surface area contributed by atoms with Crippen molar-refractivity contribution in [3.05, 3.63) is 34.5 Å². The van der Waals surface area contributed by atoms with Gasteiger partial charge >= 0.3 is 0 Å². The molecule has 0 saturated heterocycles. The summed E-state index contributed by atoms with van der Waals surface area (Å²) in [6.07, 6.45) is 3.10. The van der Waals surface area contributed by atoms with E-state index in [9.17, 15) is 9.59 Å². The number of carbonyl (C=O) groups excluding carboxylic acids is 2. The average Bonchev–Trinajstić information content (AvgIpc) is 2.93. The fraction of sp³-hybridized carbons (Fsp3) is 0.375. The number of amides is 2. The number of fused-ring (bicyclic) bond motifs is 1. The first kappa shape index (κ1) is 16.5. The lowest BCUT2D eigenvalue weighted by Crippen LogP contribution is -2.25. The molecule has 1 aromatic carbocycles. The summed E-state index contributed by atoms with van der Waals surface area (Å²) in [5.74, 6) is -0.339. The van der Waals surface area contributed by atoms with Crippen LogP contribution in [0.1, 0.15) is 30.6 Å². The van der Waals surface area contributed by atoms with E-state index in [1.54, 1.807) is 16.8 Å². The summed E-state index contributed by atoms with van der Waals surface area (Å²) in [6.45, 7) is 0.614. The molecule has 0 aliphatic heterocycles. The molecule has 0 bridgehead atoms. The Morgan fingerprint density at radius 1 is 1.09 bits per heavy atom. The van der Waals surface area contributed by atoms with Crippen molar-refractivity contribution >= 4 is 33.9 Å². The molecule has 0 atom stereocenters. The second-order valence-corrected chi connectivity index (χ2v) is 6.08. The molecule has 1 heterocycles. The summed E-state index contributed by atoms with van der Waals surface area (Å²) in [7, 11) is 0. The zero-order chi connectivity index (χ0) is 15.8. The highest BCUT2D eigenvalue weighted by Gasteiger charge is 2.08. The van der Waals surface area contributed by atoms with E-state index < -0.39 is 0 Å². The number of thiophene rings is 1. The predicted octanol–water partition coefficient (Wildman–Crippen LogP) is 2.63. The van der Waals surface area contributed by atoms with Crippen molar-refractivity contribution in [3.8, 4) is 0 Å². The fourth-order valence-corrected chi connectivity index (χ4v) is 3.27. The minimum Gasteiger partial charge on any atom is -0.356 e. The smallest absolute Gasteiger partial charge is 0.243 e. The van der Waals surface area contributed by atoms with Crippen LogP contribution < -0.4 is 10.8 Å². The minimum absolute atomic E-state index is 0.0284. The van der Waals surface area contributed by atoms with Gasteiger partial charge in [-0.05, 0) is 29.0 Å². The van der Waals surface area contributed by atoms with E-state index in [1.165, 1.54) is 5.39 Å². The molecule has 0 saturated carbocycles. The number of rotatable bonds is 8. The molecular formula is C16H20N2O3S. The lowest BCUT2D eigenvalue weighted by Gasteiger charge is -2.04. The van der Waals surface area contributed by atoms with Crippen LogP contribution in [0.3, 0.4) is 0 Å². The number of hydroxylamine groups is 1. The molecule has 0 aliphatic rings. The summed E-state index contributed by atoms with van der Waals surface area (Å²) >= 11 is 1.62. The molecule has 0 spiro atoms. The van der Waals surface area contributed by atoms with Gasteiger partial charge in [-0.1, -0.05) is 30.7 Å². The Bertz CT molecular complexity index is 639. The SMILES string of the molecule is O=C(CCCCCNC(=O)Cc1scc2ccccc12)NO. The molecule has 2 rings (SSSR count). The topological polar surface area (TPSA) is 78.4 Å². The fourth-order valence-electron chi connectivity index (χ4n) is 2.27. The number of nitrogens with one attached hydrogen (secondary N) is 2. The van der Waals surface area contributed by atoms with Crippen LogP contribution in [0.5, 0.6) is 0 Å². The van der Waals surface area contributed by atoms with Crippen LogP contribution in [0.25, 0.3) is 10.8 Å². The molecule has 6 heteroatoms. The monoisotopic (exact) mass is 320 g/mol. The van der Waals surface area contributed by atoms with Crippen molar-refractivity contribution in [2.75, 3.05) is 6.54 Å². The number of benzene rings is 1. The van der Waals surface area contributed by atoms with Crippen LogP contribution in [0.4, 0.5) is 0 Å². The second-order valence-electron chi connectivity index (χ2n) is 5.12. The van der Waals surface area contributed by atoms with Crippen LogP contribution in [-0.4, -0.2) is 23.6 Å². The number of unbranched alkanes of at least 4 members (excludes halogenated alkanes) is 2. The number of hydrogen-bond acceptors (Lipinski definition) is 4. The van der Waals surface area contributed by atoms with Crippen molar-refractivity contribution in [1.82, 2.24) is 10.8 Å². The molecule has 3 N–H and O–H groups in total. The zero-order valence-electron chi connectivity index (χ0n) is 12.3. The molecule has 2 amide bonds. The van der Waals surface area contributed by atoms with Crippen LogP contribution in [0.2, 0.25) is 0 Å². The van der Waals surface area contributed by atoms with Crippen LogP contribution in [-0.2, 0) is 16.0 Å². The van der Waals surface area contributed by atoms with E-state index in [0.717, 1.165) is 23.1 Å². The van der Waals surface area contributed by atoms with Crippen LogP contribution in [0.15, 0.2) is 29.6 Å². The number of carbonyl (C=O) groups is 2. The van der Waals surface area contributed by atoms with E-state index in [1.807, 2.05) is 18.2 Å². The van der Waals surface area contributed by atoms with Gasteiger partial charge < -0.3 is 5.32 Å². The summed E-state index contributed by atoms with van der Waals surface area (Å²) in [6, 6.07) is 8.07. The summed E-state index contributed by atoms with van der Waals surface area (Å²) in [5.41, 5.74) is 1.61. The first-order valence-corrected chi connectivity index (χ1v) is 8.23. The lowest BCUT2D eigenvalue weighted by molar-refractivity contribution is -0.129. The van der Waals surface area contributed by atoms with Crippen molar-refractivity contribution in [3.63, 3.8) is 0 Å². The highest BCUT2D eigenvalue weighted by Crippen LogP contribution is 2.25. The number of hydrogen-bond donors (Lipinski definition) is 3. The first-order valence-electron chi connectivity index (χ1n) is 7.35. The van der Waals surface area contributed by atoms with Crippen molar-refractivity contribution in [2.45, 2.75) is 32.1 Å². The van der Waals surface area contributed by atoms with Gasteiger partial charge in [0.05, 0.1) is 6.42 Å². The van der Waals surface area contributed by atoms with Crippen LogP contribution in [0, 0.1) is 0 Å². The van der Waals surface area contributed by atoms with E-state index in [0.29, 0.717) is 25.8 Å². The Balaban J connectivity index is 1.67. The van der Waals surface area contributed by atoms with E-state index >= 15 is 0 Å². The van der Waals surface area contributed by atoms with Crippen molar-refractivity contribution in [2.24, 2.45) is 0 Å². The standard InChI is InChI=1S/C16H20N2O3S/c19-15(18-21)8-2-1-5-9-17-16(20)10-14-13-7-4-3-6-12(13)11-22-14/h3-4,6-7,11,21H,1-2,5,8-10H2,(H,17,20)(H,18,19). The van der Waals surface area contributed by atoms with Gasteiger partial charge in [-0.3, -0.25) is 14.8 Å². The molecule has 118 valence electrons. The van der Waals surface area contributed by atoms with Crippen LogP contribution >= 0.6 is 11.3 Å². The van der Waals surface area contributed by atoms with E-state index in [2.05, 4.69) is 16.8 Å². The minimum atomic E-state index is -0.367. The summed E-state index contributed by atoms with van der Waals surface area (Å²) in [5, 5.41) is 15.7. The van der Waals surface area contributed by atoms with Crippen molar-refractivity contribution < 1.29 is 14.8 Å². The highest BCUT2D eigenvalue weighted by molar-refractivity contribution is 7.11. The molecule has 5 nitrogen and oxygen atoms in total. The molecule has 0 unspecified atom stereocenters. The maximum absolute atomic E-state index is 11.9. The van der Waals surface area contributed by atoms with Gasteiger partial charge in [0.25, 0.3) is 0 Å². The van der Waals surface area contributed by atoms with Crippen molar-refractivity contribution in [1.29, 1.82) is 0 Å². The Morgan fingerprint density at radius 3 is 2.73 bits per heavy atom. The quantitative estimate of drug-likeness (QED) is 0.397. The van der Waals surface area contributed by atoms with Gasteiger partial charge in [-0.15, -0.1) is 11.3 Å². The van der Waals surface area contributed by atoms with Gasteiger partial charge in [0.2, 0.25) is 11.8 Å². The third kappa shape index (κ3) is 4.82. The Labute approximate surface area is 133 Å². The first-order chi connectivity index (χ1) is 10.7. The second kappa shape index (κ2) is 8.51. The third-order valence-corrected chi connectivity index (χ3v) is 4.46. The molecule has 2 aromatic rings. The van der Waals surface area contributed by atoms with E-state index in [-0.39, 0.29) is 11.8 Å².